The van der Waals surface area contributed by atoms with Crippen LogP contribution in [0.1, 0.15) is 5.56 Å². The lowest BCUT2D eigenvalue weighted by Crippen LogP contribution is -1.91. The van der Waals surface area contributed by atoms with Gasteiger partial charge in [-0.15, -0.1) is 0 Å². The molecular weight excluding hydrogens is 188 g/mol. The zero-order valence-corrected chi connectivity index (χ0v) is 6.99. The van der Waals surface area contributed by atoms with E-state index >= 15 is 0 Å². The minimum atomic E-state index is -0.670. The van der Waals surface area contributed by atoms with Crippen molar-refractivity contribution >= 4 is 11.8 Å². The molecule has 0 amide bonds. The molecular formula is C8H6N2O4. The third kappa shape index (κ3) is 2.37. The van der Waals surface area contributed by atoms with Gasteiger partial charge in [0.15, 0.2) is 0 Å². The van der Waals surface area contributed by atoms with E-state index in [0.29, 0.717) is 6.20 Å². The summed E-state index contributed by atoms with van der Waals surface area (Å²) in [5.41, 5.74) is 0.0693. The first-order valence-electron chi connectivity index (χ1n) is 3.66. The standard InChI is InChI=1S/C8H6N2O4/c11-9(12)6-5-7-3-1-2-4-8(7)10(13)14/h1-6H/b6-5-. The highest BCUT2D eigenvalue weighted by atomic mass is 16.6. The molecule has 0 atom stereocenters. The van der Waals surface area contributed by atoms with E-state index in [1.807, 2.05) is 0 Å². The number of nitro groups is 2. The normalized spacial score (nSPS) is 10.3. The van der Waals surface area contributed by atoms with Gasteiger partial charge < -0.3 is 0 Å². The van der Waals surface area contributed by atoms with Gasteiger partial charge in [0, 0.05) is 12.1 Å². The molecule has 1 aromatic carbocycles. The van der Waals surface area contributed by atoms with Gasteiger partial charge in [0.2, 0.25) is 6.20 Å². The molecule has 72 valence electrons. The van der Waals surface area contributed by atoms with Crippen molar-refractivity contribution in [3.8, 4) is 0 Å². The minimum Gasteiger partial charge on any atom is -0.259 e. The second kappa shape index (κ2) is 4.13. The van der Waals surface area contributed by atoms with Gasteiger partial charge in [0.05, 0.1) is 15.4 Å². The highest BCUT2D eigenvalue weighted by Crippen LogP contribution is 2.18. The molecule has 0 radical (unpaired) electrons. The molecule has 6 heteroatoms. The van der Waals surface area contributed by atoms with E-state index in [0.717, 1.165) is 6.08 Å². The molecule has 0 aliphatic rings. The van der Waals surface area contributed by atoms with Crippen molar-refractivity contribution in [2.75, 3.05) is 0 Å². The molecule has 0 fully saturated rings. The summed E-state index contributed by atoms with van der Waals surface area (Å²) < 4.78 is 0. The number of hydrogen-bond donors (Lipinski definition) is 0. The lowest BCUT2D eigenvalue weighted by molar-refractivity contribution is -0.401. The fourth-order valence-corrected chi connectivity index (χ4v) is 0.936. The Morgan fingerprint density at radius 3 is 2.36 bits per heavy atom. The first kappa shape index (κ1) is 9.85. The van der Waals surface area contributed by atoms with Gasteiger partial charge in [-0.1, -0.05) is 12.1 Å². The van der Waals surface area contributed by atoms with Crippen LogP contribution in [0.5, 0.6) is 0 Å². The maximum atomic E-state index is 10.5. The molecule has 0 unspecified atom stereocenters. The van der Waals surface area contributed by atoms with Crippen molar-refractivity contribution in [3.63, 3.8) is 0 Å². The number of hydrogen-bond acceptors (Lipinski definition) is 4. The number of nitro benzene ring substituents is 1. The Bertz CT molecular complexity index is 400. The molecule has 0 aromatic heterocycles. The Labute approximate surface area is 78.8 Å². The number of nitrogens with zero attached hydrogens (tertiary/aromatic N) is 2. The first-order chi connectivity index (χ1) is 6.61. The van der Waals surface area contributed by atoms with Crippen molar-refractivity contribution in [3.05, 3.63) is 56.3 Å². The Morgan fingerprint density at radius 1 is 1.14 bits per heavy atom. The Balaban J connectivity index is 3.07. The molecule has 0 aliphatic carbocycles. The second-order valence-electron chi connectivity index (χ2n) is 2.42. The molecule has 14 heavy (non-hydrogen) atoms. The van der Waals surface area contributed by atoms with Gasteiger partial charge in [0.1, 0.15) is 0 Å². The van der Waals surface area contributed by atoms with Gasteiger partial charge in [0.25, 0.3) is 5.69 Å². The summed E-state index contributed by atoms with van der Waals surface area (Å²) in [6, 6.07) is 5.81. The van der Waals surface area contributed by atoms with Crippen LogP contribution in [0.15, 0.2) is 30.5 Å². The lowest BCUT2D eigenvalue weighted by Gasteiger charge is -1.94. The van der Waals surface area contributed by atoms with Crippen LogP contribution in [0, 0.1) is 20.2 Å². The Kier molecular flexibility index (Phi) is 2.90. The van der Waals surface area contributed by atoms with E-state index in [1.165, 1.54) is 18.2 Å². The third-order valence-electron chi connectivity index (χ3n) is 1.51. The van der Waals surface area contributed by atoms with Crippen LogP contribution in [0.4, 0.5) is 5.69 Å². The van der Waals surface area contributed by atoms with E-state index < -0.39 is 9.85 Å². The summed E-state index contributed by atoms with van der Waals surface area (Å²) in [7, 11) is 0. The SMILES string of the molecule is O=[N+]([O-])/C=C\c1ccccc1[N+](=O)[O-]. The van der Waals surface area contributed by atoms with Crippen LogP contribution in [-0.4, -0.2) is 9.85 Å². The largest absolute Gasteiger partial charge is 0.276 e. The van der Waals surface area contributed by atoms with E-state index in [-0.39, 0.29) is 11.3 Å². The molecule has 0 N–H and O–H groups in total. The predicted molar refractivity (Wildman–Crippen MR) is 49.1 cm³/mol. The number of benzene rings is 1. The predicted octanol–water partition coefficient (Wildman–Crippen LogP) is 1.84. The van der Waals surface area contributed by atoms with Crippen LogP contribution in [-0.2, 0) is 0 Å². The average Bonchev–Trinajstić information content (AvgIpc) is 2.15. The zero-order chi connectivity index (χ0) is 10.6. The highest BCUT2D eigenvalue weighted by Gasteiger charge is 2.09. The maximum Gasteiger partial charge on any atom is 0.276 e. The van der Waals surface area contributed by atoms with Crippen LogP contribution in [0.3, 0.4) is 0 Å². The van der Waals surface area contributed by atoms with E-state index in [9.17, 15) is 20.2 Å². The Morgan fingerprint density at radius 2 is 1.79 bits per heavy atom. The number of rotatable bonds is 3. The van der Waals surface area contributed by atoms with Crippen LogP contribution in [0.2, 0.25) is 0 Å². The maximum absolute atomic E-state index is 10.5. The number of para-hydroxylation sites is 1. The summed E-state index contributed by atoms with van der Waals surface area (Å²) in [6.07, 6.45) is 1.76. The quantitative estimate of drug-likeness (QED) is 0.542. The Hall–Kier alpha value is -2.24. The van der Waals surface area contributed by atoms with E-state index in [2.05, 4.69) is 0 Å². The van der Waals surface area contributed by atoms with Gasteiger partial charge in [-0.25, -0.2) is 0 Å². The summed E-state index contributed by atoms with van der Waals surface area (Å²) in [5, 5.41) is 20.5. The van der Waals surface area contributed by atoms with Crippen molar-refractivity contribution in [2.24, 2.45) is 0 Å². The molecule has 1 aromatic rings. The molecule has 1 rings (SSSR count). The van der Waals surface area contributed by atoms with Gasteiger partial charge >= 0.3 is 0 Å². The zero-order valence-electron chi connectivity index (χ0n) is 6.99. The lowest BCUT2D eigenvalue weighted by atomic mass is 10.2. The molecule has 0 spiro atoms. The monoisotopic (exact) mass is 194 g/mol. The summed E-state index contributed by atoms with van der Waals surface area (Å²) in [5.74, 6) is 0. The van der Waals surface area contributed by atoms with Gasteiger partial charge in [-0.3, -0.25) is 20.2 Å². The summed E-state index contributed by atoms with van der Waals surface area (Å²) in [6.45, 7) is 0. The fourth-order valence-electron chi connectivity index (χ4n) is 0.936. The van der Waals surface area contributed by atoms with Crippen molar-refractivity contribution in [2.45, 2.75) is 0 Å². The molecule has 0 bridgehead atoms. The second-order valence-corrected chi connectivity index (χ2v) is 2.42. The van der Waals surface area contributed by atoms with Crippen molar-refractivity contribution in [1.82, 2.24) is 0 Å². The summed E-state index contributed by atoms with van der Waals surface area (Å²) >= 11 is 0. The van der Waals surface area contributed by atoms with Crippen molar-refractivity contribution in [1.29, 1.82) is 0 Å². The minimum absolute atomic E-state index is 0.148. The van der Waals surface area contributed by atoms with Crippen LogP contribution in [0.25, 0.3) is 6.08 Å². The summed E-state index contributed by atoms with van der Waals surface area (Å²) in [4.78, 5) is 19.2. The smallest absolute Gasteiger partial charge is 0.259 e. The highest BCUT2D eigenvalue weighted by molar-refractivity contribution is 5.59. The average molecular weight is 194 g/mol. The molecule has 0 aliphatic heterocycles. The fraction of sp³-hybridized carbons (Fsp3) is 0. The van der Waals surface area contributed by atoms with Gasteiger partial charge in [-0.2, -0.15) is 0 Å². The van der Waals surface area contributed by atoms with Gasteiger partial charge in [-0.05, 0) is 6.07 Å². The molecule has 6 nitrogen and oxygen atoms in total. The van der Waals surface area contributed by atoms with Crippen LogP contribution >= 0.6 is 0 Å². The van der Waals surface area contributed by atoms with E-state index in [4.69, 9.17) is 0 Å². The van der Waals surface area contributed by atoms with E-state index in [1.54, 1.807) is 6.07 Å². The molecule has 0 saturated heterocycles. The third-order valence-corrected chi connectivity index (χ3v) is 1.51. The topological polar surface area (TPSA) is 86.3 Å². The molecule has 0 heterocycles. The molecule has 0 saturated carbocycles. The van der Waals surface area contributed by atoms with Crippen molar-refractivity contribution < 1.29 is 9.85 Å². The van der Waals surface area contributed by atoms with Crippen LogP contribution < -0.4 is 0 Å². The first-order valence-corrected chi connectivity index (χ1v) is 3.66.